The van der Waals surface area contributed by atoms with Crippen molar-refractivity contribution in [1.29, 1.82) is 0 Å². The van der Waals surface area contributed by atoms with Crippen LogP contribution in [0.3, 0.4) is 0 Å². The number of carbonyl (C=O) groups is 1. The first-order chi connectivity index (χ1) is 11.3. The Morgan fingerprint density at radius 2 is 2.04 bits per heavy atom. The molecule has 1 atom stereocenters. The van der Waals surface area contributed by atoms with Crippen LogP contribution in [0.2, 0.25) is 0 Å². The van der Waals surface area contributed by atoms with Crippen molar-refractivity contribution in [1.82, 2.24) is 9.78 Å². The van der Waals surface area contributed by atoms with Crippen LogP contribution in [-0.4, -0.2) is 25.5 Å². The van der Waals surface area contributed by atoms with Gasteiger partial charge in [0.15, 0.2) is 0 Å². The Balaban J connectivity index is 2.08. The number of nitrogens with one attached hydrogen (secondary N) is 1. The van der Waals surface area contributed by atoms with Gasteiger partial charge in [-0.3, -0.25) is 29.7 Å². The van der Waals surface area contributed by atoms with Crippen LogP contribution in [0.25, 0.3) is 0 Å². The largest absolute Gasteiger partial charge is 0.320 e. The van der Waals surface area contributed by atoms with Gasteiger partial charge in [0.2, 0.25) is 5.91 Å². The van der Waals surface area contributed by atoms with E-state index in [9.17, 15) is 25.0 Å². The minimum absolute atomic E-state index is 0.105. The van der Waals surface area contributed by atoms with Crippen molar-refractivity contribution in [3.05, 3.63) is 56.4 Å². The van der Waals surface area contributed by atoms with Gasteiger partial charge in [-0.25, -0.2) is 0 Å². The molecule has 0 fully saturated rings. The third-order valence-corrected chi connectivity index (χ3v) is 3.35. The van der Waals surface area contributed by atoms with E-state index in [-0.39, 0.29) is 23.6 Å². The molecule has 0 saturated carbocycles. The lowest BCUT2D eigenvalue weighted by Gasteiger charge is -2.12. The van der Waals surface area contributed by atoms with Gasteiger partial charge in [0.25, 0.3) is 5.69 Å². The average molecular weight is 333 g/mol. The smallest absolute Gasteiger partial charge is 0.306 e. The molecule has 0 aliphatic rings. The molecule has 10 heteroatoms. The molecule has 2 aromatic rings. The fourth-order valence-electron chi connectivity index (χ4n) is 2.06. The number of aryl methyl sites for hydroxylation is 1. The second kappa shape index (κ2) is 6.86. The topological polar surface area (TPSA) is 133 Å². The minimum atomic E-state index is -0.592. The number of anilines is 1. The third-order valence-electron chi connectivity index (χ3n) is 3.35. The summed E-state index contributed by atoms with van der Waals surface area (Å²) in [7, 11) is 0. The van der Waals surface area contributed by atoms with Crippen LogP contribution >= 0.6 is 0 Å². The number of aromatic nitrogens is 2. The van der Waals surface area contributed by atoms with E-state index in [0.29, 0.717) is 5.56 Å². The predicted octanol–water partition coefficient (Wildman–Crippen LogP) is 2.28. The van der Waals surface area contributed by atoms with E-state index in [1.807, 2.05) is 0 Å². The first-order valence-corrected chi connectivity index (χ1v) is 7.00. The number of hydrogen-bond donors (Lipinski definition) is 1. The van der Waals surface area contributed by atoms with E-state index < -0.39 is 21.7 Å². The van der Waals surface area contributed by atoms with Crippen molar-refractivity contribution in [3.8, 4) is 0 Å². The number of nitrogens with zero attached hydrogens (tertiary/aromatic N) is 4. The fraction of sp³-hybridized carbons (Fsp3) is 0.286. The maximum absolute atomic E-state index is 12.2. The van der Waals surface area contributed by atoms with E-state index in [0.717, 1.165) is 6.20 Å². The van der Waals surface area contributed by atoms with E-state index in [1.54, 1.807) is 19.9 Å². The Morgan fingerprint density at radius 1 is 1.33 bits per heavy atom. The number of nitro benzene ring substituents is 1. The number of nitro groups is 2. The molecule has 0 saturated heterocycles. The van der Waals surface area contributed by atoms with E-state index in [2.05, 4.69) is 10.4 Å². The Kier molecular flexibility index (Phi) is 4.87. The lowest BCUT2D eigenvalue weighted by molar-refractivity contribution is -0.385. The lowest BCUT2D eigenvalue weighted by atomic mass is 10.1. The van der Waals surface area contributed by atoms with Crippen molar-refractivity contribution >= 4 is 23.0 Å². The molecule has 2 rings (SSSR count). The van der Waals surface area contributed by atoms with Gasteiger partial charge in [-0.15, -0.1) is 0 Å². The summed E-state index contributed by atoms with van der Waals surface area (Å²) >= 11 is 0. The zero-order valence-electron chi connectivity index (χ0n) is 13.0. The predicted molar refractivity (Wildman–Crippen MR) is 84.5 cm³/mol. The summed E-state index contributed by atoms with van der Waals surface area (Å²) in [6.45, 7) is 3.42. The molecule has 126 valence electrons. The number of carbonyl (C=O) groups excluding carboxylic acids is 1. The molecular formula is C14H15N5O5. The van der Waals surface area contributed by atoms with Gasteiger partial charge in [-0.2, -0.15) is 5.10 Å². The monoisotopic (exact) mass is 333 g/mol. The molecule has 10 nitrogen and oxygen atoms in total. The fourth-order valence-corrected chi connectivity index (χ4v) is 2.06. The third kappa shape index (κ3) is 3.91. The van der Waals surface area contributed by atoms with Crippen molar-refractivity contribution in [2.24, 2.45) is 5.92 Å². The molecule has 1 heterocycles. The van der Waals surface area contributed by atoms with Gasteiger partial charge >= 0.3 is 5.69 Å². The summed E-state index contributed by atoms with van der Waals surface area (Å²) in [5, 5.41) is 28.0. The lowest BCUT2D eigenvalue weighted by Crippen LogP contribution is -2.25. The first-order valence-electron chi connectivity index (χ1n) is 7.00. The van der Waals surface area contributed by atoms with Crippen molar-refractivity contribution in [2.45, 2.75) is 20.4 Å². The highest BCUT2D eigenvalue weighted by Gasteiger charge is 2.20. The van der Waals surface area contributed by atoms with Gasteiger partial charge in [0, 0.05) is 6.07 Å². The first kappa shape index (κ1) is 17.1. The Hall–Kier alpha value is -3.30. The highest BCUT2D eigenvalue weighted by atomic mass is 16.6. The van der Waals surface area contributed by atoms with Gasteiger partial charge in [-0.05, 0) is 18.6 Å². The van der Waals surface area contributed by atoms with E-state index in [4.69, 9.17) is 0 Å². The molecule has 24 heavy (non-hydrogen) atoms. The Morgan fingerprint density at radius 3 is 2.62 bits per heavy atom. The van der Waals surface area contributed by atoms with Gasteiger partial charge < -0.3 is 5.32 Å². The highest BCUT2D eigenvalue weighted by Crippen LogP contribution is 2.25. The summed E-state index contributed by atoms with van der Waals surface area (Å²) in [5.74, 6) is -1.04. The number of benzene rings is 1. The molecule has 1 aromatic heterocycles. The van der Waals surface area contributed by atoms with E-state index >= 15 is 0 Å². The second-order valence-electron chi connectivity index (χ2n) is 5.35. The Bertz CT molecular complexity index is 801. The maximum atomic E-state index is 12.2. The summed E-state index contributed by atoms with van der Waals surface area (Å²) in [6, 6.07) is 4.50. The van der Waals surface area contributed by atoms with Crippen LogP contribution in [0.5, 0.6) is 0 Å². The van der Waals surface area contributed by atoms with Crippen LogP contribution in [0.4, 0.5) is 17.1 Å². The maximum Gasteiger partial charge on any atom is 0.306 e. The molecule has 1 amide bonds. The zero-order valence-corrected chi connectivity index (χ0v) is 13.0. The molecule has 0 spiro atoms. The summed E-state index contributed by atoms with van der Waals surface area (Å²) in [5.41, 5.74) is 0.451. The summed E-state index contributed by atoms with van der Waals surface area (Å²) < 4.78 is 1.28. The van der Waals surface area contributed by atoms with Crippen LogP contribution < -0.4 is 5.32 Å². The average Bonchev–Trinajstić information content (AvgIpc) is 2.97. The molecule has 0 aliphatic carbocycles. The van der Waals surface area contributed by atoms with Crippen molar-refractivity contribution in [3.63, 3.8) is 0 Å². The van der Waals surface area contributed by atoms with Crippen LogP contribution in [-0.2, 0) is 11.3 Å². The number of amides is 1. The molecular weight excluding hydrogens is 318 g/mol. The highest BCUT2D eigenvalue weighted by molar-refractivity contribution is 5.94. The Labute approximate surface area is 136 Å². The van der Waals surface area contributed by atoms with Crippen LogP contribution in [0, 0.1) is 33.1 Å². The standard InChI is InChI=1S/C14H15N5O5/c1-9-3-4-12(13(5-9)19(23)24)16-14(20)10(2)7-17-8-11(6-15-17)18(21)22/h3-6,8,10H,7H2,1-2H3,(H,16,20). The van der Waals surface area contributed by atoms with Crippen molar-refractivity contribution < 1.29 is 14.6 Å². The molecule has 0 aliphatic heterocycles. The molecule has 0 radical (unpaired) electrons. The number of hydrogen-bond acceptors (Lipinski definition) is 6. The van der Waals surface area contributed by atoms with Gasteiger partial charge in [0.1, 0.15) is 18.1 Å². The summed E-state index contributed by atoms with van der Waals surface area (Å²) in [4.78, 5) is 32.7. The van der Waals surface area contributed by atoms with Crippen LogP contribution in [0.1, 0.15) is 12.5 Å². The van der Waals surface area contributed by atoms with Crippen molar-refractivity contribution in [2.75, 3.05) is 5.32 Å². The molecule has 1 N–H and O–H groups in total. The van der Waals surface area contributed by atoms with E-state index in [1.165, 1.54) is 23.0 Å². The number of rotatable bonds is 6. The molecule has 1 unspecified atom stereocenters. The van der Waals surface area contributed by atoms with Gasteiger partial charge in [0.05, 0.1) is 22.3 Å². The van der Waals surface area contributed by atoms with Crippen LogP contribution in [0.15, 0.2) is 30.6 Å². The molecule has 0 bridgehead atoms. The quantitative estimate of drug-likeness (QED) is 0.636. The van der Waals surface area contributed by atoms with Gasteiger partial charge in [-0.1, -0.05) is 13.0 Å². The SMILES string of the molecule is Cc1ccc(NC(=O)C(C)Cn2cc([N+](=O)[O-])cn2)c([N+](=O)[O-])c1. The zero-order chi connectivity index (χ0) is 17.9. The normalized spacial score (nSPS) is 11.8. The summed E-state index contributed by atoms with van der Waals surface area (Å²) in [6.07, 6.45) is 2.31. The minimum Gasteiger partial charge on any atom is -0.320 e. The second-order valence-corrected chi connectivity index (χ2v) is 5.35. The molecule has 1 aromatic carbocycles.